The lowest BCUT2D eigenvalue weighted by atomic mass is 10.2. The van der Waals surface area contributed by atoms with E-state index < -0.39 is 0 Å². The first-order valence-corrected chi connectivity index (χ1v) is 8.71. The van der Waals surface area contributed by atoms with Crippen molar-refractivity contribution in [2.75, 3.05) is 10.6 Å². The number of hydrogen-bond donors (Lipinski definition) is 3. The van der Waals surface area contributed by atoms with Crippen molar-refractivity contribution in [2.45, 2.75) is 13.3 Å². The van der Waals surface area contributed by atoms with E-state index in [9.17, 15) is 9.59 Å². The van der Waals surface area contributed by atoms with E-state index in [0.29, 0.717) is 22.8 Å². The molecule has 0 bridgehead atoms. The van der Waals surface area contributed by atoms with E-state index in [4.69, 9.17) is 23.8 Å². The molecule has 0 saturated carbocycles. The number of carbonyl (C=O) groups excluding carboxylic acids is 2. The van der Waals surface area contributed by atoms with Crippen molar-refractivity contribution in [1.29, 1.82) is 0 Å². The van der Waals surface area contributed by atoms with Crippen molar-refractivity contribution in [1.82, 2.24) is 5.32 Å². The molecule has 0 aliphatic heterocycles. The Hall–Kier alpha value is -2.70. The maximum absolute atomic E-state index is 12.0. The largest absolute Gasteiger partial charge is 0.332 e. The Kier molecular flexibility index (Phi) is 7.32. The van der Waals surface area contributed by atoms with Gasteiger partial charge >= 0.3 is 0 Å². The second-order valence-electron chi connectivity index (χ2n) is 5.28. The summed E-state index contributed by atoms with van der Waals surface area (Å²) in [5.74, 6) is -0.458. The van der Waals surface area contributed by atoms with Crippen LogP contribution in [0.4, 0.5) is 11.4 Å². The summed E-state index contributed by atoms with van der Waals surface area (Å²) in [6.07, 6.45) is 3.36. The summed E-state index contributed by atoms with van der Waals surface area (Å²) in [6.45, 7) is 1.78. The van der Waals surface area contributed by atoms with Crippen LogP contribution in [-0.4, -0.2) is 16.9 Å². The Morgan fingerprint density at radius 3 is 2.46 bits per heavy atom. The van der Waals surface area contributed by atoms with Gasteiger partial charge in [-0.1, -0.05) is 42.8 Å². The van der Waals surface area contributed by atoms with E-state index in [-0.39, 0.29) is 16.9 Å². The summed E-state index contributed by atoms with van der Waals surface area (Å²) in [7, 11) is 0. The summed E-state index contributed by atoms with van der Waals surface area (Å²) in [5, 5.41) is 8.92. The molecule has 0 heterocycles. The molecule has 5 nitrogen and oxygen atoms in total. The number of anilines is 2. The quantitative estimate of drug-likeness (QED) is 0.530. The molecule has 2 aromatic rings. The van der Waals surface area contributed by atoms with Gasteiger partial charge in [-0.3, -0.25) is 14.9 Å². The third-order valence-corrected chi connectivity index (χ3v) is 3.83. The molecule has 7 heteroatoms. The normalized spacial score (nSPS) is 10.4. The summed E-state index contributed by atoms with van der Waals surface area (Å²) >= 11 is 11.2. The fraction of sp³-hybridized carbons (Fsp3) is 0.105. The molecule has 0 spiro atoms. The molecular weight excluding hydrogens is 370 g/mol. The highest BCUT2D eigenvalue weighted by atomic mass is 35.5. The third-order valence-electron chi connectivity index (χ3n) is 3.28. The highest BCUT2D eigenvalue weighted by molar-refractivity contribution is 7.80. The standard InChI is InChI=1S/C19H18ClN3O2S/c1-2-17(24)21-14-7-5-8-15(12-14)22-19(26)23-18(25)11-10-13-6-3-4-9-16(13)20/h3-12H,2H2,1H3,(H,21,24)(H2,22,23,25,26)/b11-10+. The SMILES string of the molecule is CCC(=O)Nc1cccc(NC(=S)NC(=O)/C=C/c2ccccc2Cl)c1. The molecule has 3 N–H and O–H groups in total. The number of thiocarbonyl (C=S) groups is 1. The highest BCUT2D eigenvalue weighted by Gasteiger charge is 2.04. The van der Waals surface area contributed by atoms with Crippen LogP contribution in [0, 0.1) is 0 Å². The Morgan fingerprint density at radius 2 is 1.77 bits per heavy atom. The Labute approximate surface area is 162 Å². The number of benzene rings is 2. The zero-order chi connectivity index (χ0) is 18.9. The van der Waals surface area contributed by atoms with Gasteiger partial charge in [-0.2, -0.15) is 0 Å². The zero-order valence-corrected chi connectivity index (χ0v) is 15.7. The summed E-state index contributed by atoms with van der Waals surface area (Å²) in [4.78, 5) is 23.4. The first-order valence-electron chi connectivity index (χ1n) is 7.92. The van der Waals surface area contributed by atoms with Gasteiger partial charge in [0, 0.05) is 28.9 Å². The average Bonchev–Trinajstić information content (AvgIpc) is 2.61. The molecule has 2 aromatic carbocycles. The first kappa shape index (κ1) is 19.6. The Balaban J connectivity index is 1.92. The van der Waals surface area contributed by atoms with E-state index in [1.165, 1.54) is 6.08 Å². The number of nitrogens with one attached hydrogen (secondary N) is 3. The van der Waals surface area contributed by atoms with Crippen LogP contribution in [0.3, 0.4) is 0 Å². The molecule has 0 atom stereocenters. The van der Waals surface area contributed by atoms with Crippen molar-refractivity contribution in [3.8, 4) is 0 Å². The molecule has 0 fully saturated rings. The summed E-state index contributed by atoms with van der Waals surface area (Å²) < 4.78 is 0. The predicted molar refractivity (Wildman–Crippen MR) is 110 cm³/mol. The lowest BCUT2D eigenvalue weighted by Gasteiger charge is -2.10. The van der Waals surface area contributed by atoms with E-state index in [0.717, 1.165) is 5.56 Å². The number of amides is 2. The Morgan fingerprint density at radius 1 is 1.08 bits per heavy atom. The van der Waals surface area contributed by atoms with Gasteiger partial charge in [0.2, 0.25) is 11.8 Å². The van der Waals surface area contributed by atoms with Crippen molar-refractivity contribution in [2.24, 2.45) is 0 Å². The van der Waals surface area contributed by atoms with Crippen molar-refractivity contribution >= 4 is 58.2 Å². The van der Waals surface area contributed by atoms with Gasteiger partial charge in [0.05, 0.1) is 0 Å². The van der Waals surface area contributed by atoms with Crippen LogP contribution in [0.2, 0.25) is 5.02 Å². The number of halogens is 1. The molecule has 0 aliphatic carbocycles. The third kappa shape index (κ3) is 6.31. The second kappa shape index (κ2) is 9.70. The van der Waals surface area contributed by atoms with Crippen LogP contribution in [0.5, 0.6) is 0 Å². The average molecular weight is 388 g/mol. The lowest BCUT2D eigenvalue weighted by Crippen LogP contribution is -2.32. The van der Waals surface area contributed by atoms with Crippen LogP contribution in [-0.2, 0) is 9.59 Å². The van der Waals surface area contributed by atoms with Gasteiger partial charge in [0.25, 0.3) is 0 Å². The molecular formula is C19H18ClN3O2S. The van der Waals surface area contributed by atoms with Crippen LogP contribution >= 0.6 is 23.8 Å². The predicted octanol–water partition coefficient (Wildman–Crippen LogP) is 4.21. The number of rotatable bonds is 5. The molecule has 26 heavy (non-hydrogen) atoms. The van der Waals surface area contributed by atoms with E-state index >= 15 is 0 Å². The monoisotopic (exact) mass is 387 g/mol. The topological polar surface area (TPSA) is 70.2 Å². The van der Waals surface area contributed by atoms with Gasteiger partial charge in [0.1, 0.15) is 0 Å². The lowest BCUT2D eigenvalue weighted by molar-refractivity contribution is -0.116. The smallest absolute Gasteiger partial charge is 0.250 e. The second-order valence-corrected chi connectivity index (χ2v) is 6.10. The minimum atomic E-state index is -0.377. The minimum Gasteiger partial charge on any atom is -0.332 e. The zero-order valence-electron chi connectivity index (χ0n) is 14.1. The first-order chi connectivity index (χ1) is 12.5. The molecule has 0 radical (unpaired) electrons. The van der Waals surface area contributed by atoms with Gasteiger partial charge in [-0.25, -0.2) is 0 Å². The molecule has 0 aliphatic rings. The van der Waals surface area contributed by atoms with Gasteiger partial charge in [0.15, 0.2) is 5.11 Å². The van der Waals surface area contributed by atoms with Crippen LogP contribution in [0.15, 0.2) is 54.6 Å². The molecule has 2 rings (SSSR count). The van der Waals surface area contributed by atoms with Crippen molar-refractivity contribution < 1.29 is 9.59 Å². The summed E-state index contributed by atoms with van der Waals surface area (Å²) in [5.41, 5.74) is 2.04. The van der Waals surface area contributed by atoms with E-state index in [1.807, 2.05) is 12.1 Å². The van der Waals surface area contributed by atoms with Crippen LogP contribution < -0.4 is 16.0 Å². The summed E-state index contributed by atoms with van der Waals surface area (Å²) in [6, 6.07) is 14.2. The molecule has 0 aromatic heterocycles. The van der Waals surface area contributed by atoms with E-state index in [1.54, 1.807) is 49.4 Å². The molecule has 134 valence electrons. The van der Waals surface area contributed by atoms with Gasteiger partial charge in [-0.05, 0) is 48.1 Å². The van der Waals surface area contributed by atoms with Crippen LogP contribution in [0.25, 0.3) is 6.08 Å². The molecule has 2 amide bonds. The van der Waals surface area contributed by atoms with Gasteiger partial charge < -0.3 is 10.6 Å². The Bertz CT molecular complexity index is 852. The minimum absolute atomic E-state index is 0.0808. The highest BCUT2D eigenvalue weighted by Crippen LogP contribution is 2.16. The maximum Gasteiger partial charge on any atom is 0.250 e. The van der Waals surface area contributed by atoms with Crippen molar-refractivity contribution in [3.05, 3.63) is 65.2 Å². The fourth-order valence-electron chi connectivity index (χ4n) is 2.02. The fourth-order valence-corrected chi connectivity index (χ4v) is 2.43. The van der Waals surface area contributed by atoms with Crippen LogP contribution in [0.1, 0.15) is 18.9 Å². The molecule has 0 unspecified atom stereocenters. The van der Waals surface area contributed by atoms with Gasteiger partial charge in [-0.15, -0.1) is 0 Å². The maximum atomic E-state index is 12.0. The number of hydrogen-bond acceptors (Lipinski definition) is 3. The van der Waals surface area contributed by atoms with Crippen molar-refractivity contribution in [3.63, 3.8) is 0 Å². The number of carbonyl (C=O) groups is 2. The van der Waals surface area contributed by atoms with E-state index in [2.05, 4.69) is 16.0 Å². The molecule has 0 saturated heterocycles.